The fourth-order valence-corrected chi connectivity index (χ4v) is 2.79. The summed E-state index contributed by atoms with van der Waals surface area (Å²) in [7, 11) is 1.38. The molecule has 3 rings (SSSR count). The summed E-state index contributed by atoms with van der Waals surface area (Å²) < 4.78 is 20.5. The van der Waals surface area contributed by atoms with Gasteiger partial charge in [0.2, 0.25) is 0 Å². The van der Waals surface area contributed by atoms with Crippen molar-refractivity contribution in [3.05, 3.63) is 82.9 Å². The lowest BCUT2D eigenvalue weighted by atomic mass is 10.1. The molecule has 0 radical (unpaired) electrons. The molecule has 0 spiro atoms. The molecule has 0 aliphatic rings. The van der Waals surface area contributed by atoms with Gasteiger partial charge in [0, 0.05) is 16.8 Å². The highest BCUT2D eigenvalue weighted by Gasteiger charge is 2.12. The molecule has 1 heterocycles. The predicted molar refractivity (Wildman–Crippen MR) is 99.4 cm³/mol. The molecule has 0 aliphatic heterocycles. The van der Waals surface area contributed by atoms with Gasteiger partial charge in [-0.25, -0.2) is 9.07 Å². The number of ketones is 1. The van der Waals surface area contributed by atoms with Crippen molar-refractivity contribution in [2.75, 3.05) is 7.11 Å². The first-order chi connectivity index (χ1) is 12.5. The summed E-state index contributed by atoms with van der Waals surface area (Å²) in [6, 6.07) is 14.0. The molecule has 0 amide bonds. The Hall–Kier alpha value is -3.21. The monoisotopic (exact) mass is 350 g/mol. The number of para-hydroxylation sites is 1. The minimum absolute atomic E-state index is 0.112. The maximum atomic E-state index is 13.8. The lowest BCUT2D eigenvalue weighted by Gasteiger charge is -2.04. The maximum Gasteiger partial charge on any atom is 0.185 e. The molecule has 0 saturated carbocycles. The van der Waals surface area contributed by atoms with Gasteiger partial charge in [0.15, 0.2) is 17.3 Å². The van der Waals surface area contributed by atoms with Crippen LogP contribution in [0.25, 0.3) is 11.8 Å². The second kappa shape index (κ2) is 7.35. The molecule has 2 aromatic carbocycles. The normalized spacial score (nSPS) is 11.1. The molecule has 26 heavy (non-hydrogen) atoms. The topological polar surface area (TPSA) is 44.1 Å². The number of allylic oxidation sites excluding steroid dienone is 1. The van der Waals surface area contributed by atoms with Crippen LogP contribution in [0.15, 0.2) is 54.6 Å². The second-order valence-electron chi connectivity index (χ2n) is 5.88. The number of ether oxygens (including phenoxy) is 1. The van der Waals surface area contributed by atoms with E-state index < -0.39 is 5.82 Å². The third-order valence-corrected chi connectivity index (χ3v) is 4.19. The number of aromatic nitrogens is 2. The molecular formula is C21H19FN2O2. The van der Waals surface area contributed by atoms with Crippen LogP contribution in [0.1, 0.15) is 27.3 Å². The summed E-state index contributed by atoms with van der Waals surface area (Å²) in [6.45, 7) is 3.84. The molecule has 0 bridgehead atoms. The zero-order chi connectivity index (χ0) is 18.7. The molecule has 3 aromatic rings. The lowest BCUT2D eigenvalue weighted by molar-refractivity contribution is 0.104. The van der Waals surface area contributed by atoms with E-state index in [4.69, 9.17) is 4.74 Å². The van der Waals surface area contributed by atoms with Crippen LogP contribution in [-0.2, 0) is 0 Å². The largest absolute Gasteiger partial charge is 0.494 e. The van der Waals surface area contributed by atoms with E-state index in [2.05, 4.69) is 5.10 Å². The fraction of sp³-hybridized carbons (Fsp3) is 0.143. The summed E-state index contributed by atoms with van der Waals surface area (Å²) in [5, 5.41) is 4.55. The van der Waals surface area contributed by atoms with Crippen molar-refractivity contribution in [1.82, 2.24) is 9.78 Å². The van der Waals surface area contributed by atoms with E-state index in [0.29, 0.717) is 0 Å². The zero-order valence-corrected chi connectivity index (χ0v) is 14.9. The van der Waals surface area contributed by atoms with Crippen LogP contribution in [-0.4, -0.2) is 22.7 Å². The molecule has 1 aromatic heterocycles. The predicted octanol–water partition coefficient (Wildman–Crippen LogP) is 4.53. The standard InChI is InChI=1S/C21H19FN2O2/c1-14-18(15(2)24(23-14)17-7-5-4-6-8-17)10-11-20(25)16-9-12-21(26-3)19(22)13-16/h4-13H,1-3H3/b11-10+. The van der Waals surface area contributed by atoms with Gasteiger partial charge in [0.1, 0.15) is 0 Å². The van der Waals surface area contributed by atoms with Crippen LogP contribution in [0.3, 0.4) is 0 Å². The molecule has 0 saturated heterocycles. The van der Waals surface area contributed by atoms with Gasteiger partial charge < -0.3 is 4.74 Å². The number of rotatable bonds is 5. The second-order valence-corrected chi connectivity index (χ2v) is 5.88. The van der Waals surface area contributed by atoms with E-state index in [1.807, 2.05) is 48.9 Å². The van der Waals surface area contributed by atoms with Gasteiger partial charge in [-0.2, -0.15) is 5.10 Å². The molecule has 0 fully saturated rings. The number of aryl methyl sites for hydroxylation is 1. The zero-order valence-electron chi connectivity index (χ0n) is 14.9. The first-order valence-corrected chi connectivity index (χ1v) is 8.19. The van der Waals surface area contributed by atoms with E-state index in [9.17, 15) is 9.18 Å². The van der Waals surface area contributed by atoms with Crippen molar-refractivity contribution < 1.29 is 13.9 Å². The average molecular weight is 350 g/mol. The summed E-state index contributed by atoms with van der Waals surface area (Å²) in [4.78, 5) is 12.3. The first-order valence-electron chi connectivity index (χ1n) is 8.19. The highest BCUT2D eigenvalue weighted by Crippen LogP contribution is 2.21. The van der Waals surface area contributed by atoms with Crippen LogP contribution in [0.4, 0.5) is 4.39 Å². The molecule has 0 N–H and O–H groups in total. The van der Waals surface area contributed by atoms with E-state index in [1.165, 1.54) is 25.3 Å². The van der Waals surface area contributed by atoms with Gasteiger partial charge >= 0.3 is 0 Å². The Morgan fingerprint density at radius 1 is 1.15 bits per heavy atom. The number of carbonyl (C=O) groups is 1. The van der Waals surface area contributed by atoms with E-state index in [1.54, 1.807) is 12.1 Å². The molecule has 132 valence electrons. The third-order valence-electron chi connectivity index (χ3n) is 4.19. The van der Waals surface area contributed by atoms with Gasteiger partial charge in [-0.05, 0) is 56.3 Å². The lowest BCUT2D eigenvalue weighted by Crippen LogP contribution is -1.98. The fourth-order valence-electron chi connectivity index (χ4n) is 2.79. The van der Waals surface area contributed by atoms with Crippen molar-refractivity contribution in [3.63, 3.8) is 0 Å². The Bertz CT molecular complexity index is 975. The smallest absolute Gasteiger partial charge is 0.185 e. The van der Waals surface area contributed by atoms with Crippen LogP contribution in [0.2, 0.25) is 0 Å². The number of hydrogen-bond acceptors (Lipinski definition) is 3. The highest BCUT2D eigenvalue weighted by atomic mass is 19.1. The summed E-state index contributed by atoms with van der Waals surface area (Å²) in [5.41, 5.74) is 3.84. The van der Waals surface area contributed by atoms with Crippen LogP contribution in [0.5, 0.6) is 5.75 Å². The SMILES string of the molecule is COc1ccc(C(=O)/C=C/c2c(C)nn(-c3ccccc3)c2C)cc1F. The molecule has 0 aliphatic carbocycles. The summed E-state index contributed by atoms with van der Waals surface area (Å²) in [5.74, 6) is -0.727. The number of benzene rings is 2. The van der Waals surface area contributed by atoms with Gasteiger partial charge in [-0.1, -0.05) is 18.2 Å². The first kappa shape index (κ1) is 17.6. The molecule has 4 nitrogen and oxygen atoms in total. The Labute approximate surface area is 151 Å². The summed E-state index contributed by atoms with van der Waals surface area (Å²) >= 11 is 0. The quantitative estimate of drug-likeness (QED) is 0.501. The Balaban J connectivity index is 1.88. The Morgan fingerprint density at radius 2 is 1.88 bits per heavy atom. The van der Waals surface area contributed by atoms with Crippen molar-refractivity contribution in [3.8, 4) is 11.4 Å². The summed E-state index contributed by atoms with van der Waals surface area (Å²) in [6.07, 6.45) is 3.16. The molecular weight excluding hydrogens is 331 g/mol. The van der Waals surface area contributed by atoms with Gasteiger partial charge in [0.05, 0.1) is 18.5 Å². The Morgan fingerprint density at radius 3 is 2.54 bits per heavy atom. The Kier molecular flexibility index (Phi) is 4.98. The minimum atomic E-state index is -0.559. The number of methoxy groups -OCH3 is 1. The van der Waals surface area contributed by atoms with Gasteiger partial charge in [-0.15, -0.1) is 0 Å². The average Bonchev–Trinajstić information content (AvgIpc) is 2.94. The van der Waals surface area contributed by atoms with E-state index in [0.717, 1.165) is 22.6 Å². The minimum Gasteiger partial charge on any atom is -0.494 e. The van der Waals surface area contributed by atoms with Crippen LogP contribution < -0.4 is 4.74 Å². The number of hydrogen-bond donors (Lipinski definition) is 0. The number of halogens is 1. The van der Waals surface area contributed by atoms with E-state index in [-0.39, 0.29) is 17.1 Å². The van der Waals surface area contributed by atoms with Gasteiger partial charge in [0.25, 0.3) is 0 Å². The number of carbonyl (C=O) groups excluding carboxylic acids is 1. The van der Waals surface area contributed by atoms with Crippen LogP contribution >= 0.6 is 0 Å². The maximum absolute atomic E-state index is 13.8. The van der Waals surface area contributed by atoms with Crippen molar-refractivity contribution in [2.45, 2.75) is 13.8 Å². The number of nitrogens with zero attached hydrogens (tertiary/aromatic N) is 2. The van der Waals surface area contributed by atoms with Crippen molar-refractivity contribution in [1.29, 1.82) is 0 Å². The third kappa shape index (κ3) is 3.42. The molecule has 0 atom stereocenters. The molecule has 5 heteroatoms. The van der Waals surface area contributed by atoms with E-state index >= 15 is 0 Å². The van der Waals surface area contributed by atoms with Crippen molar-refractivity contribution in [2.24, 2.45) is 0 Å². The van der Waals surface area contributed by atoms with Crippen LogP contribution in [0, 0.1) is 19.7 Å². The van der Waals surface area contributed by atoms with Crippen molar-refractivity contribution >= 4 is 11.9 Å². The highest BCUT2D eigenvalue weighted by molar-refractivity contribution is 6.07. The molecule has 0 unspecified atom stereocenters. The van der Waals surface area contributed by atoms with Gasteiger partial charge in [-0.3, -0.25) is 4.79 Å².